The summed E-state index contributed by atoms with van der Waals surface area (Å²) in [5, 5.41) is 0. The Morgan fingerprint density at radius 1 is 0.421 bits per heavy atom. The standard InChI is InChI=1S/C28H52O10/c1-23(2,3)33-37-27(11,12)19-17-25(7,8)35-31-21(29)15-16-22(30)32-36-26(9,10)18-20-28(13,14)38-34-24(4,5)6/h15-16H,17-20H2,1-14H3. The Hall–Kier alpha value is -1.56. The molecule has 0 bridgehead atoms. The number of rotatable bonds is 16. The minimum atomic E-state index is -0.862. The van der Waals surface area contributed by atoms with Gasteiger partial charge in [0, 0.05) is 12.2 Å². The van der Waals surface area contributed by atoms with Crippen molar-refractivity contribution in [3.63, 3.8) is 0 Å². The van der Waals surface area contributed by atoms with Crippen LogP contribution in [0.25, 0.3) is 0 Å². The molecule has 0 aliphatic rings. The van der Waals surface area contributed by atoms with Crippen LogP contribution in [-0.4, -0.2) is 45.5 Å². The highest BCUT2D eigenvalue weighted by Crippen LogP contribution is 2.28. The van der Waals surface area contributed by atoms with Crippen LogP contribution in [0.4, 0.5) is 0 Å². The second-order valence-electron chi connectivity index (χ2n) is 13.9. The normalized spacial score (nSPS) is 14.2. The van der Waals surface area contributed by atoms with Gasteiger partial charge in [-0.25, -0.2) is 29.1 Å². The van der Waals surface area contributed by atoms with Crippen LogP contribution in [0.5, 0.6) is 0 Å². The maximum atomic E-state index is 12.0. The number of carbonyl (C=O) groups excluding carboxylic acids is 2. The molecule has 0 amide bonds. The van der Waals surface area contributed by atoms with E-state index in [1.54, 1.807) is 27.7 Å². The molecule has 0 aromatic heterocycles. The van der Waals surface area contributed by atoms with Gasteiger partial charge in [-0.2, -0.15) is 9.78 Å². The van der Waals surface area contributed by atoms with Gasteiger partial charge in [-0.15, -0.1) is 0 Å². The van der Waals surface area contributed by atoms with Gasteiger partial charge in [0.2, 0.25) is 0 Å². The van der Waals surface area contributed by atoms with Crippen LogP contribution in [0, 0.1) is 0 Å². The van der Waals surface area contributed by atoms with E-state index >= 15 is 0 Å². The second kappa shape index (κ2) is 14.2. The zero-order valence-corrected chi connectivity index (χ0v) is 26.1. The van der Waals surface area contributed by atoms with E-state index < -0.39 is 45.5 Å². The molecule has 0 rings (SSSR count). The van der Waals surface area contributed by atoms with E-state index in [1.807, 2.05) is 69.2 Å². The predicted molar refractivity (Wildman–Crippen MR) is 142 cm³/mol. The number of carbonyl (C=O) groups is 2. The molecule has 0 aromatic carbocycles. The van der Waals surface area contributed by atoms with Gasteiger partial charge in [-0.3, -0.25) is 9.78 Å². The van der Waals surface area contributed by atoms with Crippen LogP contribution in [0.2, 0.25) is 0 Å². The first-order valence-corrected chi connectivity index (χ1v) is 13.0. The maximum Gasteiger partial charge on any atom is 0.366 e. The highest BCUT2D eigenvalue weighted by molar-refractivity contribution is 5.91. The summed E-state index contributed by atoms with van der Waals surface area (Å²) >= 11 is 0. The summed E-state index contributed by atoms with van der Waals surface area (Å²) in [7, 11) is 0. The van der Waals surface area contributed by atoms with E-state index in [-0.39, 0.29) is 0 Å². The number of hydrogen-bond donors (Lipinski definition) is 0. The van der Waals surface area contributed by atoms with Gasteiger partial charge in [0.15, 0.2) is 0 Å². The van der Waals surface area contributed by atoms with Crippen molar-refractivity contribution in [1.82, 2.24) is 0 Å². The van der Waals surface area contributed by atoms with Gasteiger partial charge < -0.3 is 0 Å². The average Bonchev–Trinajstić information content (AvgIpc) is 2.75. The molecule has 0 aliphatic heterocycles. The van der Waals surface area contributed by atoms with Crippen molar-refractivity contribution >= 4 is 11.9 Å². The van der Waals surface area contributed by atoms with Gasteiger partial charge >= 0.3 is 11.9 Å². The van der Waals surface area contributed by atoms with Crippen LogP contribution in [0.3, 0.4) is 0 Å². The molecular formula is C28H52O10. The van der Waals surface area contributed by atoms with Gasteiger partial charge in [0.1, 0.15) is 11.2 Å². The van der Waals surface area contributed by atoms with E-state index in [0.717, 1.165) is 12.2 Å². The summed E-state index contributed by atoms with van der Waals surface area (Å²) in [5.74, 6) is -1.72. The third-order valence-electron chi connectivity index (χ3n) is 4.75. The van der Waals surface area contributed by atoms with Crippen molar-refractivity contribution in [3.05, 3.63) is 12.2 Å². The van der Waals surface area contributed by atoms with Crippen molar-refractivity contribution in [2.75, 3.05) is 0 Å². The molecule has 10 nitrogen and oxygen atoms in total. The monoisotopic (exact) mass is 548 g/mol. The first kappa shape index (κ1) is 36.4. The lowest BCUT2D eigenvalue weighted by Crippen LogP contribution is -2.34. The Morgan fingerprint density at radius 2 is 0.658 bits per heavy atom. The molecule has 0 aromatic rings. The lowest BCUT2D eigenvalue weighted by molar-refractivity contribution is -0.400. The van der Waals surface area contributed by atoms with Gasteiger partial charge in [-0.05, 0) is 123 Å². The highest BCUT2D eigenvalue weighted by atomic mass is 17.2. The molecule has 0 atom stereocenters. The summed E-state index contributed by atoms with van der Waals surface area (Å²) in [6.45, 7) is 26.1. The molecule has 0 aliphatic carbocycles. The zero-order chi connectivity index (χ0) is 30.1. The lowest BCUT2D eigenvalue weighted by Gasteiger charge is -2.31. The molecule has 0 heterocycles. The Morgan fingerprint density at radius 3 is 0.895 bits per heavy atom. The Balaban J connectivity index is 4.50. The van der Waals surface area contributed by atoms with E-state index in [0.29, 0.717) is 25.7 Å². The van der Waals surface area contributed by atoms with Crippen LogP contribution in [-0.2, 0) is 48.7 Å². The SMILES string of the molecule is CC(C)(C)OOC(C)(C)CCC(C)(C)OOC(=O)C=CC(=O)OOC(C)(C)CCC(C)(C)OOC(C)(C)C. The minimum Gasteiger partial charge on any atom is -0.293 e. The zero-order valence-electron chi connectivity index (χ0n) is 26.1. The molecule has 0 saturated heterocycles. The Labute approximate surface area is 229 Å². The van der Waals surface area contributed by atoms with E-state index in [2.05, 4.69) is 0 Å². The average molecular weight is 549 g/mol. The molecule has 0 radical (unpaired) electrons. The van der Waals surface area contributed by atoms with E-state index in [1.165, 1.54) is 0 Å². The molecule has 38 heavy (non-hydrogen) atoms. The molecular weight excluding hydrogens is 496 g/mol. The quantitative estimate of drug-likeness (QED) is 0.118. The number of hydrogen-bond acceptors (Lipinski definition) is 10. The summed E-state index contributed by atoms with van der Waals surface area (Å²) in [6, 6.07) is 0. The van der Waals surface area contributed by atoms with Crippen LogP contribution >= 0.6 is 0 Å². The molecule has 10 heteroatoms. The smallest absolute Gasteiger partial charge is 0.293 e. The predicted octanol–water partition coefficient (Wildman–Crippen LogP) is 6.66. The lowest BCUT2D eigenvalue weighted by atomic mass is 9.94. The largest absolute Gasteiger partial charge is 0.366 e. The maximum absolute atomic E-state index is 12.0. The van der Waals surface area contributed by atoms with Crippen molar-refractivity contribution in [2.45, 2.75) is 156 Å². The summed E-state index contributed by atoms with van der Waals surface area (Å²) in [5.41, 5.74) is -3.60. The summed E-state index contributed by atoms with van der Waals surface area (Å²) in [6.07, 6.45) is 3.99. The fourth-order valence-electron chi connectivity index (χ4n) is 2.35. The summed E-state index contributed by atoms with van der Waals surface area (Å²) < 4.78 is 0. The first-order chi connectivity index (χ1) is 16.8. The third kappa shape index (κ3) is 20.4. The van der Waals surface area contributed by atoms with Crippen molar-refractivity contribution < 1.29 is 48.7 Å². The third-order valence-corrected chi connectivity index (χ3v) is 4.75. The van der Waals surface area contributed by atoms with Gasteiger partial charge in [0.25, 0.3) is 0 Å². The topological polar surface area (TPSA) is 108 Å². The molecule has 0 unspecified atom stereocenters. The van der Waals surface area contributed by atoms with Crippen molar-refractivity contribution in [2.24, 2.45) is 0 Å². The minimum absolute atomic E-state index is 0.430. The fourth-order valence-corrected chi connectivity index (χ4v) is 2.35. The Kier molecular flexibility index (Phi) is 13.6. The molecule has 224 valence electrons. The molecule has 0 saturated carbocycles. The fraction of sp³-hybridized carbons (Fsp3) is 0.857. The van der Waals surface area contributed by atoms with Crippen molar-refractivity contribution in [3.8, 4) is 0 Å². The molecule has 0 fully saturated rings. The second-order valence-corrected chi connectivity index (χ2v) is 13.9. The van der Waals surface area contributed by atoms with E-state index in [9.17, 15) is 9.59 Å². The molecule has 0 N–H and O–H groups in total. The first-order valence-electron chi connectivity index (χ1n) is 13.0. The van der Waals surface area contributed by atoms with E-state index in [4.69, 9.17) is 39.1 Å². The van der Waals surface area contributed by atoms with Crippen LogP contribution in [0.1, 0.15) is 123 Å². The summed E-state index contributed by atoms with van der Waals surface area (Å²) in [4.78, 5) is 66.1. The van der Waals surface area contributed by atoms with Gasteiger partial charge in [-0.1, -0.05) is 0 Å². The van der Waals surface area contributed by atoms with Crippen LogP contribution < -0.4 is 0 Å². The Bertz CT molecular complexity index is 703. The van der Waals surface area contributed by atoms with Crippen molar-refractivity contribution in [1.29, 1.82) is 0 Å². The molecule has 0 spiro atoms. The van der Waals surface area contributed by atoms with Crippen LogP contribution in [0.15, 0.2) is 12.2 Å². The highest BCUT2D eigenvalue weighted by Gasteiger charge is 2.31. The van der Waals surface area contributed by atoms with Gasteiger partial charge in [0.05, 0.1) is 22.4 Å².